The summed E-state index contributed by atoms with van der Waals surface area (Å²) in [4.78, 5) is 17.4. The highest BCUT2D eigenvalue weighted by molar-refractivity contribution is 7.99. The summed E-state index contributed by atoms with van der Waals surface area (Å²) >= 11 is 3.01. The number of anilines is 1. The molecule has 5 aromatic rings. The van der Waals surface area contributed by atoms with Crippen LogP contribution in [-0.2, 0) is 11.8 Å². The minimum Gasteiger partial charge on any atom is -0.483 e. The lowest BCUT2D eigenvalue weighted by atomic mass is 10.0. The third-order valence-electron chi connectivity index (χ3n) is 6.38. The van der Waals surface area contributed by atoms with Crippen molar-refractivity contribution in [3.05, 3.63) is 83.7 Å². The molecule has 1 unspecified atom stereocenters. The van der Waals surface area contributed by atoms with Crippen molar-refractivity contribution >= 4 is 44.9 Å². The third-order valence-corrected chi connectivity index (χ3v) is 8.47. The molecular weight excluding hydrogens is 526 g/mol. The average Bonchev–Trinajstić information content (AvgIpc) is 3.51. The first kappa shape index (κ1) is 26.9. The number of ether oxygens (including phenoxy) is 1. The topological polar surface area (TPSA) is 81.9 Å². The molecule has 7 nitrogen and oxygen atoms in total. The molecule has 0 saturated heterocycles. The van der Waals surface area contributed by atoms with Crippen LogP contribution in [0.5, 0.6) is 5.75 Å². The molecule has 2 aromatic heterocycles. The number of hydrogen-bond acceptors (Lipinski definition) is 7. The van der Waals surface area contributed by atoms with E-state index in [0.717, 1.165) is 27.5 Å². The molecule has 3 aromatic carbocycles. The third kappa shape index (κ3) is 6.32. The van der Waals surface area contributed by atoms with Crippen molar-refractivity contribution in [3.63, 3.8) is 0 Å². The number of rotatable bonds is 9. The average molecular weight is 558 g/mol. The predicted octanol–water partition coefficient (Wildman–Crippen LogP) is 7.39. The molecule has 0 spiro atoms. The Morgan fingerprint density at radius 3 is 2.49 bits per heavy atom. The lowest BCUT2D eigenvalue weighted by Crippen LogP contribution is -2.14. The van der Waals surface area contributed by atoms with Crippen LogP contribution in [0.4, 0.5) is 5.69 Å². The first-order chi connectivity index (χ1) is 18.8. The summed E-state index contributed by atoms with van der Waals surface area (Å²) in [6.45, 7) is 8.36. The first-order valence-electron chi connectivity index (χ1n) is 12.8. The summed E-state index contributed by atoms with van der Waals surface area (Å²) in [6, 6.07) is 22.2. The molecular formula is C30H31N5O2S2. The van der Waals surface area contributed by atoms with Crippen molar-refractivity contribution in [1.29, 1.82) is 0 Å². The molecule has 0 fully saturated rings. The van der Waals surface area contributed by atoms with E-state index in [2.05, 4.69) is 66.6 Å². The van der Waals surface area contributed by atoms with Gasteiger partial charge in [0.1, 0.15) is 10.8 Å². The van der Waals surface area contributed by atoms with Crippen LogP contribution in [0.25, 0.3) is 20.8 Å². The van der Waals surface area contributed by atoms with E-state index in [9.17, 15) is 4.79 Å². The number of thiazole rings is 1. The van der Waals surface area contributed by atoms with Gasteiger partial charge in [-0.25, -0.2) is 4.98 Å². The molecule has 2 heterocycles. The number of nitrogens with one attached hydrogen (secondary N) is 1. The van der Waals surface area contributed by atoms with E-state index in [1.54, 1.807) is 11.3 Å². The molecule has 0 radical (unpaired) electrons. The number of nitrogens with zero attached hydrogens (tertiary/aromatic N) is 4. The zero-order valence-corrected chi connectivity index (χ0v) is 24.3. The van der Waals surface area contributed by atoms with Crippen molar-refractivity contribution in [2.45, 2.75) is 44.9 Å². The number of thioether (sulfide) groups is 1. The van der Waals surface area contributed by atoms with Gasteiger partial charge in [0, 0.05) is 18.3 Å². The minimum atomic E-state index is -0.284. The number of carbonyl (C=O) groups is 1. The Kier molecular flexibility index (Phi) is 7.99. The Hall–Kier alpha value is -3.69. The molecule has 1 N–H and O–H groups in total. The molecule has 200 valence electrons. The predicted molar refractivity (Wildman–Crippen MR) is 160 cm³/mol. The molecule has 0 bridgehead atoms. The number of amides is 1. The van der Waals surface area contributed by atoms with Crippen LogP contribution >= 0.6 is 23.1 Å². The van der Waals surface area contributed by atoms with Gasteiger partial charge in [-0.2, -0.15) is 0 Å². The van der Waals surface area contributed by atoms with Crippen molar-refractivity contribution in [2.24, 2.45) is 7.05 Å². The van der Waals surface area contributed by atoms with Gasteiger partial charge in [0.2, 0.25) is 5.91 Å². The Bertz CT molecular complexity index is 1590. The van der Waals surface area contributed by atoms with Crippen LogP contribution < -0.4 is 10.1 Å². The number of aryl methyl sites for hydroxylation is 1. The summed E-state index contributed by atoms with van der Waals surface area (Å²) < 4.78 is 9.13. The smallest absolute Gasteiger partial charge is 0.234 e. The number of aromatic nitrogens is 4. The van der Waals surface area contributed by atoms with Crippen molar-refractivity contribution in [2.75, 3.05) is 11.1 Å². The summed E-state index contributed by atoms with van der Waals surface area (Å²) in [6.07, 6.45) is -0.284. The Labute approximate surface area is 236 Å². The number of carbonyl (C=O) groups excluding carboxylic acids is 1. The van der Waals surface area contributed by atoms with Gasteiger partial charge in [-0.1, -0.05) is 43.8 Å². The molecule has 5 rings (SSSR count). The molecule has 0 aliphatic carbocycles. The molecule has 0 saturated carbocycles. The highest BCUT2D eigenvalue weighted by Crippen LogP contribution is 2.31. The molecule has 1 atom stereocenters. The Morgan fingerprint density at radius 2 is 1.77 bits per heavy atom. The zero-order valence-electron chi connectivity index (χ0n) is 22.6. The van der Waals surface area contributed by atoms with E-state index < -0.39 is 0 Å². The molecule has 1 amide bonds. The molecule has 0 aliphatic heterocycles. The van der Waals surface area contributed by atoms with Gasteiger partial charge >= 0.3 is 0 Å². The Balaban J connectivity index is 1.15. The van der Waals surface area contributed by atoms with Crippen molar-refractivity contribution in [1.82, 2.24) is 19.7 Å². The standard InChI is InChI=1S/C30H31N5O2S2/c1-18(2)21-9-13-24(14-10-21)37-20(4)28-33-34-30(35(28)5)38-17-27(36)31-23-11-7-22(8-12-23)29-32-25-15-6-19(3)16-26(25)39-29/h6-16,18,20H,17H2,1-5H3,(H,31,36). The summed E-state index contributed by atoms with van der Waals surface area (Å²) in [5, 5.41) is 13.2. The van der Waals surface area contributed by atoms with Crippen LogP contribution in [-0.4, -0.2) is 31.4 Å². The van der Waals surface area contributed by atoms with Gasteiger partial charge in [0.25, 0.3) is 0 Å². The molecule has 9 heteroatoms. The maximum absolute atomic E-state index is 12.6. The van der Waals surface area contributed by atoms with Crippen LogP contribution in [0, 0.1) is 6.92 Å². The van der Waals surface area contributed by atoms with Gasteiger partial charge in [0.15, 0.2) is 17.1 Å². The second-order valence-electron chi connectivity index (χ2n) is 9.79. The SMILES string of the molecule is Cc1ccc2nc(-c3ccc(NC(=O)CSc4nnc(C(C)Oc5ccc(C(C)C)cc5)n4C)cc3)sc2c1. The number of fused-ring (bicyclic) bond motifs is 1. The Morgan fingerprint density at radius 1 is 1.03 bits per heavy atom. The van der Waals surface area contributed by atoms with Gasteiger partial charge in [0.05, 0.1) is 16.0 Å². The van der Waals surface area contributed by atoms with Crippen LogP contribution in [0.2, 0.25) is 0 Å². The van der Waals surface area contributed by atoms with Gasteiger partial charge < -0.3 is 14.6 Å². The lowest BCUT2D eigenvalue weighted by Gasteiger charge is -2.15. The zero-order chi connectivity index (χ0) is 27.5. The van der Waals surface area contributed by atoms with Gasteiger partial charge in [-0.3, -0.25) is 4.79 Å². The fraction of sp³-hybridized carbons (Fsp3) is 0.267. The van der Waals surface area contributed by atoms with Crippen LogP contribution in [0.3, 0.4) is 0 Å². The normalized spacial score (nSPS) is 12.2. The largest absolute Gasteiger partial charge is 0.483 e. The van der Waals surface area contributed by atoms with Crippen LogP contribution in [0.15, 0.2) is 71.9 Å². The second kappa shape index (κ2) is 11.6. The quantitative estimate of drug-likeness (QED) is 0.190. The maximum Gasteiger partial charge on any atom is 0.234 e. The highest BCUT2D eigenvalue weighted by Gasteiger charge is 2.18. The number of benzene rings is 3. The lowest BCUT2D eigenvalue weighted by molar-refractivity contribution is -0.113. The number of hydrogen-bond donors (Lipinski definition) is 1. The fourth-order valence-corrected chi connectivity index (χ4v) is 5.96. The summed E-state index contributed by atoms with van der Waals surface area (Å²) in [5.41, 5.74) is 5.26. The van der Waals surface area contributed by atoms with E-state index >= 15 is 0 Å². The van der Waals surface area contributed by atoms with Crippen molar-refractivity contribution < 1.29 is 9.53 Å². The first-order valence-corrected chi connectivity index (χ1v) is 14.6. The molecule has 39 heavy (non-hydrogen) atoms. The van der Waals surface area contributed by atoms with E-state index in [4.69, 9.17) is 9.72 Å². The monoisotopic (exact) mass is 557 g/mol. The van der Waals surface area contributed by atoms with Gasteiger partial charge in [-0.15, -0.1) is 21.5 Å². The van der Waals surface area contributed by atoms with E-state index in [1.807, 2.05) is 54.9 Å². The highest BCUT2D eigenvalue weighted by atomic mass is 32.2. The van der Waals surface area contributed by atoms with E-state index in [-0.39, 0.29) is 17.8 Å². The minimum absolute atomic E-state index is 0.109. The maximum atomic E-state index is 12.6. The second-order valence-corrected chi connectivity index (χ2v) is 11.8. The van der Waals surface area contributed by atoms with E-state index in [1.165, 1.54) is 27.6 Å². The molecule has 0 aliphatic rings. The van der Waals surface area contributed by atoms with Crippen LogP contribution in [0.1, 0.15) is 49.7 Å². The van der Waals surface area contributed by atoms with Gasteiger partial charge in [-0.05, 0) is 79.4 Å². The summed E-state index contributed by atoms with van der Waals surface area (Å²) in [5.74, 6) is 2.07. The fourth-order valence-electron chi connectivity index (χ4n) is 4.17. The van der Waals surface area contributed by atoms with Crippen molar-refractivity contribution in [3.8, 4) is 16.3 Å². The van der Waals surface area contributed by atoms with E-state index in [0.29, 0.717) is 16.9 Å². The summed E-state index contributed by atoms with van der Waals surface area (Å²) in [7, 11) is 1.89.